The van der Waals surface area contributed by atoms with E-state index in [1.807, 2.05) is 58.0 Å². The fourth-order valence-electron chi connectivity index (χ4n) is 4.73. The average Bonchev–Trinajstić information content (AvgIpc) is 2.78. The first kappa shape index (κ1) is 25.5. The number of amides is 1. The highest BCUT2D eigenvalue weighted by Crippen LogP contribution is 2.32. The standard InChI is InChI=1S/C28H35NO5/c1-18-6-8-22(20(3)14-18)16-25(30)29-28(27(32)33-5)12-10-24(11-13-28)34-26(31)17-23-9-7-19(2)15-21(23)4/h6-9,14-15,24H,10-13,16-17H2,1-5H3,(H,29,30). The first-order chi connectivity index (χ1) is 16.1. The molecule has 1 fully saturated rings. The van der Waals surface area contributed by atoms with E-state index in [9.17, 15) is 14.4 Å². The SMILES string of the molecule is COC(=O)C1(NC(=O)Cc2ccc(C)cc2C)CCC(OC(=O)Cc2ccc(C)cc2C)CC1. The summed E-state index contributed by atoms with van der Waals surface area (Å²) in [5, 5.41) is 2.95. The van der Waals surface area contributed by atoms with Crippen LogP contribution in [0.15, 0.2) is 36.4 Å². The van der Waals surface area contributed by atoms with E-state index in [-0.39, 0.29) is 30.8 Å². The molecule has 3 rings (SSSR count). The summed E-state index contributed by atoms with van der Waals surface area (Å²) in [6, 6.07) is 12.0. The van der Waals surface area contributed by atoms with Gasteiger partial charge in [-0.05, 0) is 75.6 Å². The zero-order valence-corrected chi connectivity index (χ0v) is 20.8. The van der Waals surface area contributed by atoms with Crippen LogP contribution in [0.25, 0.3) is 0 Å². The molecule has 0 saturated heterocycles. The minimum atomic E-state index is -1.10. The molecule has 0 spiro atoms. The maximum absolute atomic E-state index is 12.9. The van der Waals surface area contributed by atoms with Crippen molar-refractivity contribution in [1.82, 2.24) is 5.32 Å². The molecule has 34 heavy (non-hydrogen) atoms. The number of aryl methyl sites for hydroxylation is 4. The van der Waals surface area contributed by atoms with E-state index >= 15 is 0 Å². The van der Waals surface area contributed by atoms with Gasteiger partial charge in [-0.15, -0.1) is 0 Å². The van der Waals surface area contributed by atoms with Crippen molar-refractivity contribution in [2.24, 2.45) is 0 Å². The van der Waals surface area contributed by atoms with Gasteiger partial charge in [-0.3, -0.25) is 9.59 Å². The van der Waals surface area contributed by atoms with Gasteiger partial charge in [0.1, 0.15) is 11.6 Å². The number of hydrogen-bond acceptors (Lipinski definition) is 5. The van der Waals surface area contributed by atoms with E-state index in [0.717, 1.165) is 33.4 Å². The predicted molar refractivity (Wildman–Crippen MR) is 130 cm³/mol. The molecule has 0 heterocycles. The fraction of sp³-hybridized carbons (Fsp3) is 0.464. The number of esters is 2. The highest BCUT2D eigenvalue weighted by molar-refractivity contribution is 5.89. The van der Waals surface area contributed by atoms with Crippen LogP contribution < -0.4 is 5.32 Å². The molecule has 6 nitrogen and oxygen atoms in total. The molecule has 1 aliphatic carbocycles. The zero-order valence-electron chi connectivity index (χ0n) is 20.8. The molecule has 1 amide bonds. The van der Waals surface area contributed by atoms with E-state index in [1.165, 1.54) is 7.11 Å². The Morgan fingerprint density at radius 2 is 1.41 bits per heavy atom. The summed E-state index contributed by atoms with van der Waals surface area (Å²) < 4.78 is 10.8. The van der Waals surface area contributed by atoms with Crippen LogP contribution in [0, 0.1) is 27.7 Å². The molecule has 2 aromatic rings. The van der Waals surface area contributed by atoms with Crippen LogP contribution in [0.1, 0.15) is 59.1 Å². The normalized spacial score (nSPS) is 19.9. The number of methoxy groups -OCH3 is 1. The summed E-state index contributed by atoms with van der Waals surface area (Å²) in [5.74, 6) is -0.953. The summed E-state index contributed by atoms with van der Waals surface area (Å²) in [7, 11) is 1.33. The van der Waals surface area contributed by atoms with Gasteiger partial charge in [0.2, 0.25) is 5.91 Å². The van der Waals surface area contributed by atoms with Crippen molar-refractivity contribution in [3.63, 3.8) is 0 Å². The molecule has 0 aliphatic heterocycles. The van der Waals surface area contributed by atoms with Gasteiger partial charge in [-0.2, -0.15) is 0 Å². The first-order valence-corrected chi connectivity index (χ1v) is 11.8. The smallest absolute Gasteiger partial charge is 0.331 e. The predicted octanol–water partition coefficient (Wildman–Crippen LogP) is 4.22. The second kappa shape index (κ2) is 10.9. The Kier molecular flexibility index (Phi) is 8.13. The maximum atomic E-state index is 12.9. The summed E-state index contributed by atoms with van der Waals surface area (Å²) in [5.41, 5.74) is 5.18. The third-order valence-corrected chi connectivity index (χ3v) is 6.72. The Balaban J connectivity index is 1.59. The molecular formula is C28H35NO5. The number of hydrogen-bond donors (Lipinski definition) is 1. The van der Waals surface area contributed by atoms with Gasteiger partial charge in [0.15, 0.2) is 0 Å². The van der Waals surface area contributed by atoms with E-state index in [1.54, 1.807) is 0 Å². The highest BCUT2D eigenvalue weighted by atomic mass is 16.5. The number of ether oxygens (including phenoxy) is 2. The number of benzene rings is 2. The van der Waals surface area contributed by atoms with Crippen LogP contribution in [0.2, 0.25) is 0 Å². The number of carbonyl (C=O) groups excluding carboxylic acids is 3. The van der Waals surface area contributed by atoms with Crippen molar-refractivity contribution in [3.05, 3.63) is 69.8 Å². The maximum Gasteiger partial charge on any atom is 0.331 e. The Morgan fingerprint density at radius 3 is 1.91 bits per heavy atom. The number of carbonyl (C=O) groups is 3. The van der Waals surface area contributed by atoms with Crippen LogP contribution in [-0.4, -0.2) is 36.6 Å². The van der Waals surface area contributed by atoms with Crippen LogP contribution >= 0.6 is 0 Å². The lowest BCUT2D eigenvalue weighted by Gasteiger charge is -2.38. The van der Waals surface area contributed by atoms with Crippen LogP contribution in [0.5, 0.6) is 0 Å². The summed E-state index contributed by atoms with van der Waals surface area (Å²) >= 11 is 0. The van der Waals surface area contributed by atoms with Crippen molar-refractivity contribution in [2.45, 2.75) is 77.9 Å². The van der Waals surface area contributed by atoms with E-state index in [4.69, 9.17) is 9.47 Å². The van der Waals surface area contributed by atoms with Crippen molar-refractivity contribution >= 4 is 17.8 Å². The summed E-state index contributed by atoms with van der Waals surface area (Å²) in [4.78, 5) is 38.1. The molecule has 0 unspecified atom stereocenters. The number of nitrogens with one attached hydrogen (secondary N) is 1. The van der Waals surface area contributed by atoms with Crippen molar-refractivity contribution in [2.75, 3.05) is 7.11 Å². The monoisotopic (exact) mass is 465 g/mol. The van der Waals surface area contributed by atoms with Gasteiger partial charge in [0, 0.05) is 0 Å². The van der Waals surface area contributed by atoms with Crippen LogP contribution in [0.4, 0.5) is 0 Å². The summed E-state index contributed by atoms with van der Waals surface area (Å²) in [6.45, 7) is 7.99. The third-order valence-electron chi connectivity index (χ3n) is 6.72. The topological polar surface area (TPSA) is 81.7 Å². The molecule has 2 aromatic carbocycles. The quantitative estimate of drug-likeness (QED) is 0.619. The van der Waals surface area contributed by atoms with Gasteiger partial charge in [0.05, 0.1) is 20.0 Å². The van der Waals surface area contributed by atoms with Crippen molar-refractivity contribution < 1.29 is 23.9 Å². The zero-order chi connectivity index (χ0) is 24.9. The first-order valence-electron chi connectivity index (χ1n) is 11.8. The molecule has 1 aliphatic rings. The van der Waals surface area contributed by atoms with Crippen LogP contribution in [0.3, 0.4) is 0 Å². The molecule has 6 heteroatoms. The van der Waals surface area contributed by atoms with Gasteiger partial charge in [0.25, 0.3) is 0 Å². The molecule has 0 atom stereocenters. The molecule has 1 N–H and O–H groups in total. The van der Waals surface area contributed by atoms with Gasteiger partial charge in [-0.1, -0.05) is 47.5 Å². The van der Waals surface area contributed by atoms with E-state index in [2.05, 4.69) is 11.4 Å². The molecule has 0 radical (unpaired) electrons. The Morgan fingerprint density at radius 1 is 0.882 bits per heavy atom. The fourth-order valence-corrected chi connectivity index (χ4v) is 4.73. The minimum Gasteiger partial charge on any atom is -0.467 e. The van der Waals surface area contributed by atoms with Gasteiger partial charge >= 0.3 is 11.9 Å². The van der Waals surface area contributed by atoms with Crippen molar-refractivity contribution in [1.29, 1.82) is 0 Å². The lowest BCUT2D eigenvalue weighted by molar-refractivity contribution is -0.157. The molecule has 182 valence electrons. The highest BCUT2D eigenvalue weighted by Gasteiger charge is 2.45. The Labute approximate surface area is 202 Å². The van der Waals surface area contributed by atoms with Gasteiger partial charge in [-0.25, -0.2) is 4.79 Å². The lowest BCUT2D eigenvalue weighted by atomic mass is 9.80. The summed E-state index contributed by atoms with van der Waals surface area (Å²) in [6.07, 6.45) is 1.82. The van der Waals surface area contributed by atoms with E-state index in [0.29, 0.717) is 25.7 Å². The third kappa shape index (κ3) is 6.25. The van der Waals surface area contributed by atoms with E-state index < -0.39 is 11.5 Å². The second-order valence-corrected chi connectivity index (χ2v) is 9.52. The second-order valence-electron chi connectivity index (χ2n) is 9.52. The average molecular weight is 466 g/mol. The Bertz CT molecular complexity index is 1070. The largest absolute Gasteiger partial charge is 0.467 e. The Hall–Kier alpha value is -3.15. The van der Waals surface area contributed by atoms with Gasteiger partial charge < -0.3 is 14.8 Å². The van der Waals surface area contributed by atoms with Crippen molar-refractivity contribution in [3.8, 4) is 0 Å². The molecule has 1 saturated carbocycles. The molecule has 0 aromatic heterocycles. The molecular weight excluding hydrogens is 430 g/mol. The lowest BCUT2D eigenvalue weighted by Crippen LogP contribution is -2.58. The van der Waals surface area contributed by atoms with Crippen LogP contribution in [-0.2, 0) is 36.7 Å². The molecule has 0 bridgehead atoms. The number of rotatable bonds is 7. The minimum absolute atomic E-state index is 0.194.